The summed E-state index contributed by atoms with van der Waals surface area (Å²) in [5.74, 6) is 1.24. The Hall–Kier alpha value is -3.17. The molecule has 0 aliphatic heterocycles. The predicted molar refractivity (Wildman–Crippen MR) is 328 cm³/mol. The molecule has 0 aliphatic carbocycles. The van der Waals surface area contributed by atoms with Crippen molar-refractivity contribution >= 4 is 29.5 Å². The van der Waals surface area contributed by atoms with Gasteiger partial charge in [-0.1, -0.05) is 236 Å². The van der Waals surface area contributed by atoms with Gasteiger partial charge in [0.1, 0.15) is 11.6 Å². The monoisotopic (exact) mass is 1100 g/mol. The Labute approximate surface area is 482 Å². The topological polar surface area (TPSA) is 132 Å². The molecular formula is C68H128O10. The van der Waals surface area contributed by atoms with Crippen molar-refractivity contribution in [3.63, 3.8) is 0 Å². The number of allylic oxidation sites excluding steroid dienone is 2. The predicted octanol–water partition coefficient (Wildman–Crippen LogP) is 19.9. The van der Waals surface area contributed by atoms with E-state index in [1.807, 2.05) is 0 Å². The summed E-state index contributed by atoms with van der Waals surface area (Å²) < 4.78 is 29.5. The van der Waals surface area contributed by atoms with Gasteiger partial charge in [-0.3, -0.25) is 19.2 Å². The molecule has 10 heteroatoms. The normalized spacial score (nSPS) is 12.8. The zero-order valence-electron chi connectivity index (χ0n) is 53.3. The molecule has 0 saturated carbocycles. The molecule has 5 atom stereocenters. The summed E-state index contributed by atoms with van der Waals surface area (Å²) in [6.45, 7) is 33.7. The number of hydrogen-bond acceptors (Lipinski definition) is 10. The van der Waals surface area contributed by atoms with Crippen LogP contribution in [0.25, 0.3) is 0 Å². The summed E-state index contributed by atoms with van der Waals surface area (Å²) in [5.41, 5.74) is 0. The van der Waals surface area contributed by atoms with Crippen molar-refractivity contribution in [2.45, 2.75) is 320 Å². The molecule has 0 aromatic heterocycles. The van der Waals surface area contributed by atoms with E-state index in [1.165, 1.54) is 123 Å². The van der Waals surface area contributed by atoms with E-state index in [1.54, 1.807) is 0 Å². The van der Waals surface area contributed by atoms with Crippen LogP contribution in [0.15, 0.2) is 24.7 Å². The smallest absolute Gasteiger partial charge is 0.306 e. The molecule has 0 rings (SSSR count). The molecule has 460 valence electrons. The van der Waals surface area contributed by atoms with Gasteiger partial charge in [-0.05, 0) is 82.0 Å². The molecular weight excluding hydrogens is 977 g/mol. The van der Waals surface area contributed by atoms with Gasteiger partial charge in [-0.2, -0.15) is 0 Å². The van der Waals surface area contributed by atoms with Crippen LogP contribution in [0, 0.1) is 29.6 Å². The van der Waals surface area contributed by atoms with Crippen LogP contribution in [0.4, 0.5) is 0 Å². The summed E-state index contributed by atoms with van der Waals surface area (Å²) in [5, 5.41) is 0. The van der Waals surface area contributed by atoms with Crippen molar-refractivity contribution in [3.8, 4) is 0 Å². The third-order valence-corrected chi connectivity index (χ3v) is 14.6. The summed E-state index contributed by atoms with van der Waals surface area (Å²) in [4.78, 5) is 61.6. The highest BCUT2D eigenvalue weighted by molar-refractivity contribution is 5.81. The van der Waals surface area contributed by atoms with E-state index in [4.69, 9.17) is 23.7 Å². The van der Waals surface area contributed by atoms with Crippen molar-refractivity contribution in [2.75, 3.05) is 33.0 Å². The number of Topliss-reactive ketones (excluding diaryl/α,β-unsaturated/α-hetero) is 2. The van der Waals surface area contributed by atoms with Crippen molar-refractivity contribution in [2.24, 2.45) is 29.6 Å². The molecule has 0 amide bonds. The van der Waals surface area contributed by atoms with Gasteiger partial charge in [0.2, 0.25) is 0 Å². The Morgan fingerprint density at radius 1 is 0.372 bits per heavy atom. The van der Waals surface area contributed by atoms with E-state index in [0.717, 1.165) is 89.9 Å². The molecule has 0 saturated heterocycles. The van der Waals surface area contributed by atoms with E-state index >= 15 is 0 Å². The number of rotatable bonds is 54. The van der Waals surface area contributed by atoms with Crippen LogP contribution in [0.5, 0.6) is 0 Å². The van der Waals surface area contributed by atoms with E-state index in [0.29, 0.717) is 75.7 Å². The first-order valence-electron chi connectivity index (χ1n) is 32.6. The molecule has 0 aromatic carbocycles. The fourth-order valence-corrected chi connectivity index (χ4v) is 9.16. The quantitative estimate of drug-likeness (QED) is 0.0251. The lowest BCUT2D eigenvalue weighted by molar-refractivity contribution is -0.149. The van der Waals surface area contributed by atoms with Gasteiger partial charge in [-0.25, -0.2) is 0 Å². The zero-order chi connectivity index (χ0) is 58.9. The number of carbonyl (C=O) groups is 5. The molecule has 0 fully saturated rings. The van der Waals surface area contributed by atoms with Crippen molar-refractivity contribution in [1.82, 2.24) is 0 Å². The Bertz CT molecular complexity index is 1360. The highest BCUT2D eigenvalue weighted by atomic mass is 16.5. The van der Waals surface area contributed by atoms with Gasteiger partial charge in [0.25, 0.3) is 0 Å². The number of esters is 3. The second-order valence-electron chi connectivity index (χ2n) is 23.1. The van der Waals surface area contributed by atoms with Crippen LogP contribution in [0.1, 0.15) is 320 Å². The standard InChI is InChI=1S/C61H112O9.C4H10.C3H6O/c1-10-15-19-23-27-28-32-39-58(62)45-56(47-60(64)68-42-35-31-26-22-18-13-4)48-61(65)70-49-51(6)37-36-38-57(52(7)14-5)50-69-54(9)44-55(43-53(8)66-40-33-29-24-20-16-11-2)46-59(63)67-41-34-30-25-21-17-12-3;1-3-4-2;1-3(2)4/h51-52,55-57H,8-50H2,1-7H3;3-4H2,1-2H3;1-2H3. The van der Waals surface area contributed by atoms with Gasteiger partial charge in [0.05, 0.1) is 44.6 Å². The fraction of sp³-hybridized carbons (Fsp3) is 0.868. The van der Waals surface area contributed by atoms with E-state index in [2.05, 4.69) is 75.5 Å². The fourth-order valence-electron chi connectivity index (χ4n) is 9.16. The van der Waals surface area contributed by atoms with Crippen molar-refractivity contribution in [1.29, 1.82) is 0 Å². The largest absolute Gasteiger partial charge is 0.499 e. The van der Waals surface area contributed by atoms with E-state index in [9.17, 15) is 24.0 Å². The summed E-state index contributed by atoms with van der Waals surface area (Å²) in [6, 6.07) is 0. The Morgan fingerprint density at radius 2 is 0.731 bits per heavy atom. The highest BCUT2D eigenvalue weighted by Crippen LogP contribution is 2.28. The van der Waals surface area contributed by atoms with E-state index < -0.39 is 5.92 Å². The van der Waals surface area contributed by atoms with Crippen LogP contribution in [0.2, 0.25) is 0 Å². The minimum Gasteiger partial charge on any atom is -0.499 e. The minimum absolute atomic E-state index is 0.0421. The third kappa shape index (κ3) is 59.0. The zero-order valence-corrected chi connectivity index (χ0v) is 53.3. The SMILES string of the molecule is C=C(CC(CC(=C)OCC(CCCC(C)COC(=O)CC(CC(=O)CCCCCCCCC)CC(=O)OCCCCCCCC)C(C)CC)CC(=O)OCCCCCCCC)OCCCCCCCC.CC(C)=O.CCCC. The van der Waals surface area contributed by atoms with E-state index in [-0.39, 0.29) is 67.0 Å². The second-order valence-corrected chi connectivity index (χ2v) is 23.1. The van der Waals surface area contributed by atoms with Gasteiger partial charge < -0.3 is 28.5 Å². The summed E-state index contributed by atoms with van der Waals surface area (Å²) >= 11 is 0. The third-order valence-electron chi connectivity index (χ3n) is 14.6. The maximum absolute atomic E-state index is 13.2. The molecule has 0 N–H and O–H groups in total. The van der Waals surface area contributed by atoms with Crippen molar-refractivity contribution in [3.05, 3.63) is 24.7 Å². The molecule has 78 heavy (non-hydrogen) atoms. The van der Waals surface area contributed by atoms with Gasteiger partial charge >= 0.3 is 17.9 Å². The van der Waals surface area contributed by atoms with Crippen LogP contribution >= 0.6 is 0 Å². The summed E-state index contributed by atoms with van der Waals surface area (Å²) in [6.07, 6.45) is 37.3. The molecule has 0 aromatic rings. The number of ether oxygens (including phenoxy) is 5. The average Bonchev–Trinajstić information content (AvgIpc) is 3.39. The first-order valence-corrected chi connectivity index (χ1v) is 32.6. The first kappa shape index (κ1) is 79.1. The molecule has 10 nitrogen and oxygen atoms in total. The molecule has 0 aliphatic rings. The Kier molecular flexibility index (Phi) is 60.7. The number of hydrogen-bond donors (Lipinski definition) is 0. The minimum atomic E-state index is -0.413. The maximum atomic E-state index is 13.2. The second kappa shape index (κ2) is 59.9. The van der Waals surface area contributed by atoms with Crippen LogP contribution in [-0.4, -0.2) is 62.5 Å². The lowest BCUT2D eigenvalue weighted by Gasteiger charge is -2.26. The number of unbranched alkanes of at least 4 members (excludes halogenated alkanes) is 22. The maximum Gasteiger partial charge on any atom is 0.306 e. The van der Waals surface area contributed by atoms with Crippen LogP contribution in [-0.2, 0) is 47.7 Å². The lowest BCUT2D eigenvalue weighted by atomic mass is 9.87. The molecule has 0 radical (unpaired) electrons. The van der Waals surface area contributed by atoms with Gasteiger partial charge in [-0.15, -0.1) is 0 Å². The Morgan fingerprint density at radius 3 is 1.14 bits per heavy atom. The molecule has 0 bridgehead atoms. The summed E-state index contributed by atoms with van der Waals surface area (Å²) in [7, 11) is 0. The van der Waals surface area contributed by atoms with Crippen molar-refractivity contribution < 1.29 is 47.7 Å². The highest BCUT2D eigenvalue weighted by Gasteiger charge is 2.24. The molecule has 0 heterocycles. The number of ketones is 2. The Balaban J connectivity index is -0.00000653. The first-order chi connectivity index (χ1) is 37.5. The lowest BCUT2D eigenvalue weighted by Crippen LogP contribution is -2.21. The van der Waals surface area contributed by atoms with Gasteiger partial charge in [0, 0.05) is 44.9 Å². The van der Waals surface area contributed by atoms with Crippen LogP contribution in [0.3, 0.4) is 0 Å². The van der Waals surface area contributed by atoms with Gasteiger partial charge in [0.15, 0.2) is 0 Å². The average molecular weight is 1110 g/mol. The number of carbonyl (C=O) groups excluding carboxylic acids is 5. The molecule has 0 spiro atoms. The van der Waals surface area contributed by atoms with Crippen LogP contribution < -0.4 is 0 Å². The molecule has 5 unspecified atom stereocenters.